The van der Waals surface area contributed by atoms with Gasteiger partial charge in [-0.3, -0.25) is 0 Å². The summed E-state index contributed by atoms with van der Waals surface area (Å²) in [6, 6.07) is 1.98. The topological polar surface area (TPSA) is 63.8 Å². The van der Waals surface area contributed by atoms with E-state index in [1.54, 1.807) is 11.3 Å². The van der Waals surface area contributed by atoms with Gasteiger partial charge in [0.1, 0.15) is 10.6 Å². The van der Waals surface area contributed by atoms with Crippen molar-refractivity contribution in [3.8, 4) is 0 Å². The molecule has 0 aliphatic rings. The minimum absolute atomic E-state index is 0.314. The molecule has 12 heavy (non-hydrogen) atoms. The summed E-state index contributed by atoms with van der Waals surface area (Å²) in [5, 5.41) is 5.97. The minimum Gasteiger partial charge on any atom is -0.372 e. The maximum atomic E-state index is 5.50. The third-order valence-corrected chi connectivity index (χ3v) is 2.39. The van der Waals surface area contributed by atoms with Gasteiger partial charge in [0.2, 0.25) is 5.95 Å². The van der Waals surface area contributed by atoms with Crippen LogP contribution in [0.3, 0.4) is 0 Å². The largest absolute Gasteiger partial charge is 0.372 e. The zero-order valence-electron chi connectivity index (χ0n) is 6.53. The Labute approximate surface area is 73.4 Å². The van der Waals surface area contributed by atoms with E-state index in [1.807, 2.05) is 18.5 Å². The van der Waals surface area contributed by atoms with Crippen molar-refractivity contribution in [3.05, 3.63) is 11.4 Å². The highest BCUT2D eigenvalue weighted by atomic mass is 32.1. The summed E-state index contributed by atoms with van der Waals surface area (Å²) in [4.78, 5) is 9.07. The third-order valence-electron chi connectivity index (χ3n) is 1.58. The molecule has 2 aromatic rings. The first kappa shape index (κ1) is 7.30. The number of nitrogens with one attached hydrogen (secondary N) is 1. The molecule has 3 N–H and O–H groups in total. The number of hydrogen-bond acceptors (Lipinski definition) is 5. The molecule has 2 heterocycles. The van der Waals surface area contributed by atoms with Crippen molar-refractivity contribution in [3.63, 3.8) is 0 Å². The molecular formula is C7H8N4S. The Kier molecular flexibility index (Phi) is 1.58. The molecule has 0 aliphatic carbocycles. The van der Waals surface area contributed by atoms with E-state index in [0.29, 0.717) is 5.95 Å². The summed E-state index contributed by atoms with van der Waals surface area (Å²) in [7, 11) is 1.82. The Morgan fingerprint density at radius 2 is 2.33 bits per heavy atom. The lowest BCUT2D eigenvalue weighted by atomic mass is 10.4. The van der Waals surface area contributed by atoms with E-state index < -0.39 is 0 Å². The molecule has 0 spiro atoms. The number of anilines is 2. The first-order valence-electron chi connectivity index (χ1n) is 3.49. The van der Waals surface area contributed by atoms with Crippen LogP contribution in [0.5, 0.6) is 0 Å². The summed E-state index contributed by atoms with van der Waals surface area (Å²) >= 11 is 1.56. The Morgan fingerprint density at radius 1 is 1.50 bits per heavy atom. The standard InChI is InChI=1S/C7H8N4S/c1-9-5-4-2-3-12-6(4)11-7(8)10-5/h2-3H,1H3,(H3,8,9,10,11). The lowest BCUT2D eigenvalue weighted by Gasteiger charge is -2.00. The molecule has 0 aliphatic heterocycles. The quantitative estimate of drug-likeness (QED) is 0.694. The first-order valence-corrected chi connectivity index (χ1v) is 4.37. The second-order valence-electron chi connectivity index (χ2n) is 2.32. The molecule has 0 radical (unpaired) electrons. The van der Waals surface area contributed by atoms with Gasteiger partial charge in [-0.25, -0.2) is 4.98 Å². The third kappa shape index (κ3) is 0.984. The van der Waals surface area contributed by atoms with Gasteiger partial charge in [0, 0.05) is 7.05 Å². The lowest BCUT2D eigenvalue weighted by Crippen LogP contribution is -1.99. The highest BCUT2D eigenvalue weighted by Crippen LogP contribution is 2.24. The van der Waals surface area contributed by atoms with Crippen LogP contribution in [0.2, 0.25) is 0 Å². The molecule has 0 bridgehead atoms. The minimum atomic E-state index is 0.314. The smallest absolute Gasteiger partial charge is 0.223 e. The second kappa shape index (κ2) is 2.60. The first-order chi connectivity index (χ1) is 5.81. The van der Waals surface area contributed by atoms with Gasteiger partial charge < -0.3 is 11.1 Å². The maximum absolute atomic E-state index is 5.50. The number of rotatable bonds is 1. The zero-order chi connectivity index (χ0) is 8.55. The molecule has 0 fully saturated rings. The van der Waals surface area contributed by atoms with Gasteiger partial charge in [-0.15, -0.1) is 11.3 Å². The fourth-order valence-corrected chi connectivity index (χ4v) is 1.83. The fourth-order valence-electron chi connectivity index (χ4n) is 1.06. The van der Waals surface area contributed by atoms with Gasteiger partial charge in [-0.05, 0) is 11.4 Å². The van der Waals surface area contributed by atoms with E-state index >= 15 is 0 Å². The van der Waals surface area contributed by atoms with Crippen molar-refractivity contribution >= 4 is 33.3 Å². The number of thiophene rings is 1. The van der Waals surface area contributed by atoms with Crippen molar-refractivity contribution in [1.29, 1.82) is 0 Å². The number of nitrogens with zero attached hydrogens (tertiary/aromatic N) is 2. The van der Waals surface area contributed by atoms with Gasteiger partial charge >= 0.3 is 0 Å². The molecule has 5 heteroatoms. The number of hydrogen-bond donors (Lipinski definition) is 2. The average Bonchev–Trinajstić information content (AvgIpc) is 2.50. The van der Waals surface area contributed by atoms with Crippen LogP contribution < -0.4 is 11.1 Å². The van der Waals surface area contributed by atoms with E-state index in [1.165, 1.54) is 0 Å². The summed E-state index contributed by atoms with van der Waals surface area (Å²) in [6.07, 6.45) is 0. The fraction of sp³-hybridized carbons (Fsp3) is 0.143. The predicted octanol–water partition coefficient (Wildman–Crippen LogP) is 1.32. The predicted molar refractivity (Wildman–Crippen MR) is 51.4 cm³/mol. The zero-order valence-corrected chi connectivity index (χ0v) is 7.35. The Hall–Kier alpha value is -1.36. The van der Waals surface area contributed by atoms with E-state index in [0.717, 1.165) is 16.0 Å². The Bertz CT molecular complexity index is 409. The summed E-state index contributed by atoms with van der Waals surface area (Å²) in [5.74, 6) is 1.10. The molecule has 0 unspecified atom stereocenters. The van der Waals surface area contributed by atoms with E-state index in [9.17, 15) is 0 Å². The molecule has 0 aromatic carbocycles. The van der Waals surface area contributed by atoms with Crippen LogP contribution in [0.1, 0.15) is 0 Å². The maximum Gasteiger partial charge on any atom is 0.223 e. The van der Waals surface area contributed by atoms with Gasteiger partial charge in [0.25, 0.3) is 0 Å². The van der Waals surface area contributed by atoms with E-state index in [-0.39, 0.29) is 0 Å². The monoisotopic (exact) mass is 180 g/mol. The van der Waals surface area contributed by atoms with Crippen LogP contribution in [0.4, 0.5) is 11.8 Å². The number of nitrogens with two attached hydrogens (primary N) is 1. The van der Waals surface area contributed by atoms with Crippen molar-refractivity contribution in [2.45, 2.75) is 0 Å². The summed E-state index contributed by atoms with van der Waals surface area (Å²) < 4.78 is 0. The molecule has 0 saturated carbocycles. The van der Waals surface area contributed by atoms with Crippen molar-refractivity contribution in [2.24, 2.45) is 0 Å². The van der Waals surface area contributed by atoms with Crippen molar-refractivity contribution < 1.29 is 0 Å². The van der Waals surface area contributed by atoms with Crippen LogP contribution in [0.25, 0.3) is 10.2 Å². The van der Waals surface area contributed by atoms with Crippen LogP contribution in [-0.4, -0.2) is 17.0 Å². The molecule has 2 rings (SSSR count). The summed E-state index contributed by atoms with van der Waals surface area (Å²) in [5.41, 5.74) is 5.50. The second-order valence-corrected chi connectivity index (χ2v) is 3.21. The molecular weight excluding hydrogens is 172 g/mol. The number of fused-ring (bicyclic) bond motifs is 1. The molecule has 0 amide bonds. The Balaban J connectivity index is 2.80. The summed E-state index contributed by atoms with van der Waals surface area (Å²) in [6.45, 7) is 0. The van der Waals surface area contributed by atoms with Gasteiger partial charge in [-0.2, -0.15) is 4.98 Å². The van der Waals surface area contributed by atoms with E-state index in [2.05, 4.69) is 15.3 Å². The highest BCUT2D eigenvalue weighted by molar-refractivity contribution is 7.16. The van der Waals surface area contributed by atoms with Crippen LogP contribution >= 0.6 is 11.3 Å². The average molecular weight is 180 g/mol. The molecule has 4 nitrogen and oxygen atoms in total. The number of nitrogen functional groups attached to an aromatic ring is 1. The van der Waals surface area contributed by atoms with Gasteiger partial charge in [-0.1, -0.05) is 0 Å². The van der Waals surface area contributed by atoms with Crippen LogP contribution in [0.15, 0.2) is 11.4 Å². The van der Waals surface area contributed by atoms with Crippen LogP contribution in [-0.2, 0) is 0 Å². The van der Waals surface area contributed by atoms with Crippen molar-refractivity contribution in [1.82, 2.24) is 9.97 Å². The normalized spacial score (nSPS) is 10.4. The SMILES string of the molecule is CNc1nc(N)nc2sccc12. The molecule has 62 valence electrons. The lowest BCUT2D eigenvalue weighted by molar-refractivity contribution is 1.23. The van der Waals surface area contributed by atoms with Gasteiger partial charge in [0.05, 0.1) is 5.39 Å². The molecule has 0 atom stereocenters. The van der Waals surface area contributed by atoms with Crippen molar-refractivity contribution in [2.75, 3.05) is 18.1 Å². The van der Waals surface area contributed by atoms with Crippen LogP contribution in [0, 0.1) is 0 Å². The number of aromatic nitrogens is 2. The molecule has 0 saturated heterocycles. The van der Waals surface area contributed by atoms with Gasteiger partial charge in [0.15, 0.2) is 0 Å². The Morgan fingerprint density at radius 3 is 3.08 bits per heavy atom. The van der Waals surface area contributed by atoms with E-state index in [4.69, 9.17) is 5.73 Å². The molecule has 2 aromatic heterocycles. The highest BCUT2D eigenvalue weighted by Gasteiger charge is 2.04.